The molecule has 1 aliphatic rings. The molecule has 0 saturated carbocycles. The van der Waals surface area contributed by atoms with Gasteiger partial charge in [0.25, 0.3) is 12.3 Å². The molecule has 0 aliphatic carbocycles. The van der Waals surface area contributed by atoms with Crippen molar-refractivity contribution in [1.29, 1.82) is 0 Å². The molecule has 3 aromatic heterocycles. The number of para-hydroxylation sites is 1. The first-order valence-corrected chi connectivity index (χ1v) is 11.3. The van der Waals surface area contributed by atoms with E-state index in [4.69, 9.17) is 4.42 Å². The van der Waals surface area contributed by atoms with Crippen molar-refractivity contribution in [3.8, 4) is 0 Å². The van der Waals surface area contributed by atoms with Crippen LogP contribution in [-0.4, -0.2) is 48.0 Å². The Kier molecular flexibility index (Phi) is 5.44. The lowest BCUT2D eigenvalue weighted by atomic mass is 10.0. The summed E-state index contributed by atoms with van der Waals surface area (Å²) in [6.07, 6.45) is -1.31. The minimum Gasteiger partial charge on any atom is -0.435 e. The Hall–Kier alpha value is -3.25. The average Bonchev–Trinajstić information content (AvgIpc) is 3.49. The fourth-order valence-corrected chi connectivity index (χ4v) is 5.15. The van der Waals surface area contributed by atoms with Gasteiger partial charge in [-0.3, -0.25) is 4.79 Å². The largest absolute Gasteiger partial charge is 0.435 e. The predicted octanol–water partition coefficient (Wildman–Crippen LogP) is 4.19. The zero-order chi connectivity index (χ0) is 24.2. The number of amides is 1. The lowest BCUT2D eigenvalue weighted by Gasteiger charge is -2.33. The van der Waals surface area contributed by atoms with Crippen molar-refractivity contribution in [2.24, 2.45) is 0 Å². The van der Waals surface area contributed by atoms with Gasteiger partial charge in [-0.2, -0.15) is 0 Å². The van der Waals surface area contributed by atoms with Crippen LogP contribution in [-0.2, 0) is 12.8 Å². The van der Waals surface area contributed by atoms with Crippen LogP contribution in [0.15, 0.2) is 28.9 Å². The molecule has 12 heteroatoms. The van der Waals surface area contributed by atoms with Crippen molar-refractivity contribution in [2.45, 2.75) is 44.8 Å². The van der Waals surface area contributed by atoms with Gasteiger partial charge in [-0.25, -0.2) is 28.1 Å². The molecule has 5 rings (SSSR count). The van der Waals surface area contributed by atoms with Crippen molar-refractivity contribution < 1.29 is 27.5 Å². The second-order valence-electron chi connectivity index (χ2n) is 8.67. The average molecular weight is 491 g/mol. The number of hydrogen-bond donors (Lipinski definition) is 2. The molecule has 34 heavy (non-hydrogen) atoms. The standard InChI is InChI=1S/C22H20F3N5O3S/c1-22(2,32)8-13-28-16(19(24)25)18(33-13)21(31)30-7-6-11-15(27-9-26-11)17(30)20-29-14-10(23)4-3-5-12(14)34-20/h3-5,9,17,19,32H,6-8H2,1-2H3,(H,26,27)/t17-/m0/s1. The Balaban J connectivity index is 1.59. The van der Waals surface area contributed by atoms with Gasteiger partial charge in [-0.05, 0) is 26.0 Å². The van der Waals surface area contributed by atoms with Crippen LogP contribution >= 0.6 is 11.3 Å². The van der Waals surface area contributed by atoms with Crippen LogP contribution in [0, 0.1) is 5.82 Å². The summed E-state index contributed by atoms with van der Waals surface area (Å²) in [4.78, 5) is 30.5. The highest BCUT2D eigenvalue weighted by atomic mass is 32.1. The fraction of sp³-hybridized carbons (Fsp3) is 0.364. The summed E-state index contributed by atoms with van der Waals surface area (Å²) in [5.74, 6) is -2.06. The Morgan fingerprint density at radius 3 is 2.88 bits per heavy atom. The minimum atomic E-state index is -3.06. The zero-order valence-electron chi connectivity index (χ0n) is 18.2. The molecular formula is C22H20F3N5O3S. The van der Waals surface area contributed by atoms with Gasteiger partial charge < -0.3 is 19.4 Å². The van der Waals surface area contributed by atoms with Crippen LogP contribution < -0.4 is 0 Å². The normalized spacial score (nSPS) is 16.4. The van der Waals surface area contributed by atoms with E-state index >= 15 is 0 Å². The number of nitrogens with one attached hydrogen (secondary N) is 1. The minimum absolute atomic E-state index is 0.149. The SMILES string of the molecule is CC(C)(O)Cc1nc(C(F)F)c(C(=O)N2CCc3[nH]cnc3[C@H]2c2nc3c(F)cccc3s2)o1. The molecule has 1 aromatic carbocycles. The van der Waals surface area contributed by atoms with Gasteiger partial charge in [0, 0.05) is 18.7 Å². The van der Waals surface area contributed by atoms with Gasteiger partial charge in [-0.1, -0.05) is 6.07 Å². The number of halogens is 3. The number of carbonyl (C=O) groups is 1. The van der Waals surface area contributed by atoms with E-state index < -0.39 is 41.2 Å². The van der Waals surface area contributed by atoms with E-state index in [9.17, 15) is 23.1 Å². The number of H-pyrrole nitrogens is 1. The molecule has 0 bridgehead atoms. The third-order valence-corrected chi connectivity index (χ3v) is 6.56. The maximum absolute atomic E-state index is 14.3. The molecule has 1 aliphatic heterocycles. The molecule has 2 N–H and O–H groups in total. The molecular weight excluding hydrogens is 471 g/mol. The van der Waals surface area contributed by atoms with Gasteiger partial charge in [-0.15, -0.1) is 11.3 Å². The van der Waals surface area contributed by atoms with Gasteiger partial charge in [0.15, 0.2) is 11.6 Å². The zero-order valence-corrected chi connectivity index (χ0v) is 19.0. The number of aromatic nitrogens is 4. The molecule has 4 aromatic rings. The number of benzene rings is 1. The number of carbonyl (C=O) groups excluding carboxylic acids is 1. The maximum atomic E-state index is 14.3. The van der Waals surface area contributed by atoms with E-state index in [0.717, 1.165) is 5.69 Å². The first kappa shape index (κ1) is 22.5. The van der Waals surface area contributed by atoms with E-state index in [1.165, 1.54) is 42.5 Å². The van der Waals surface area contributed by atoms with Gasteiger partial charge in [0.05, 0.1) is 28.7 Å². The summed E-state index contributed by atoms with van der Waals surface area (Å²) in [6.45, 7) is 3.13. The molecule has 1 amide bonds. The van der Waals surface area contributed by atoms with E-state index in [0.29, 0.717) is 21.8 Å². The molecule has 0 unspecified atom stereocenters. The summed E-state index contributed by atoms with van der Waals surface area (Å²) in [5.41, 5.74) is -0.603. The first-order chi connectivity index (χ1) is 16.1. The van der Waals surface area contributed by atoms with Gasteiger partial charge >= 0.3 is 0 Å². The number of alkyl halides is 2. The maximum Gasteiger partial charge on any atom is 0.292 e. The van der Waals surface area contributed by atoms with Crippen molar-refractivity contribution in [2.75, 3.05) is 6.54 Å². The van der Waals surface area contributed by atoms with E-state index in [1.807, 2.05) is 0 Å². The second-order valence-corrected chi connectivity index (χ2v) is 9.73. The monoisotopic (exact) mass is 491 g/mol. The summed E-state index contributed by atoms with van der Waals surface area (Å²) in [6, 6.07) is 3.75. The van der Waals surface area contributed by atoms with Crippen molar-refractivity contribution in [1.82, 2.24) is 24.8 Å². The molecule has 4 heterocycles. The fourth-order valence-electron chi connectivity index (χ4n) is 4.05. The highest BCUT2D eigenvalue weighted by Crippen LogP contribution is 2.39. The molecule has 8 nitrogen and oxygen atoms in total. The van der Waals surface area contributed by atoms with Crippen molar-refractivity contribution in [3.05, 3.63) is 64.1 Å². The van der Waals surface area contributed by atoms with Crippen LogP contribution in [0.25, 0.3) is 10.2 Å². The van der Waals surface area contributed by atoms with Crippen molar-refractivity contribution in [3.63, 3.8) is 0 Å². The Morgan fingerprint density at radius 1 is 1.38 bits per heavy atom. The van der Waals surface area contributed by atoms with Crippen LogP contribution in [0.5, 0.6) is 0 Å². The molecule has 0 spiro atoms. The van der Waals surface area contributed by atoms with Crippen LogP contribution in [0.4, 0.5) is 13.2 Å². The predicted molar refractivity (Wildman–Crippen MR) is 116 cm³/mol. The number of imidazole rings is 1. The number of nitrogens with zero attached hydrogens (tertiary/aromatic N) is 4. The van der Waals surface area contributed by atoms with E-state index in [2.05, 4.69) is 19.9 Å². The number of aromatic amines is 1. The summed E-state index contributed by atoms with van der Waals surface area (Å²) < 4.78 is 47.9. The lowest BCUT2D eigenvalue weighted by Crippen LogP contribution is -2.41. The van der Waals surface area contributed by atoms with E-state index in [1.54, 1.807) is 12.1 Å². The number of oxazole rings is 1. The van der Waals surface area contributed by atoms with Crippen LogP contribution in [0.3, 0.4) is 0 Å². The summed E-state index contributed by atoms with van der Waals surface area (Å²) >= 11 is 1.20. The van der Waals surface area contributed by atoms with Crippen molar-refractivity contribution >= 4 is 27.5 Å². The molecule has 0 fully saturated rings. The Labute approximate surface area is 195 Å². The lowest BCUT2D eigenvalue weighted by molar-refractivity contribution is 0.0617. The van der Waals surface area contributed by atoms with Crippen LogP contribution in [0.2, 0.25) is 0 Å². The third-order valence-electron chi connectivity index (χ3n) is 5.49. The molecule has 0 saturated heterocycles. The van der Waals surface area contributed by atoms with Gasteiger partial charge in [0.2, 0.25) is 5.76 Å². The topological polar surface area (TPSA) is 108 Å². The number of thiazole rings is 1. The quantitative estimate of drug-likeness (QED) is 0.434. The second kappa shape index (κ2) is 8.20. The van der Waals surface area contributed by atoms with E-state index in [-0.39, 0.29) is 24.4 Å². The first-order valence-electron chi connectivity index (χ1n) is 10.5. The molecule has 178 valence electrons. The number of hydrogen-bond acceptors (Lipinski definition) is 7. The summed E-state index contributed by atoms with van der Waals surface area (Å²) in [7, 11) is 0. The smallest absolute Gasteiger partial charge is 0.292 e. The molecule has 0 radical (unpaired) electrons. The summed E-state index contributed by atoms with van der Waals surface area (Å²) in [5, 5.41) is 10.4. The Morgan fingerprint density at radius 2 is 2.18 bits per heavy atom. The Bertz CT molecular complexity index is 1370. The third kappa shape index (κ3) is 3.96. The molecule has 1 atom stereocenters. The number of aliphatic hydroxyl groups is 1. The highest BCUT2D eigenvalue weighted by Gasteiger charge is 2.40. The van der Waals surface area contributed by atoms with Gasteiger partial charge in [0.1, 0.15) is 22.4 Å². The number of fused-ring (bicyclic) bond motifs is 2. The highest BCUT2D eigenvalue weighted by molar-refractivity contribution is 7.18. The van der Waals surface area contributed by atoms with Crippen LogP contribution in [0.1, 0.15) is 64.8 Å². The number of rotatable bonds is 5.